The molecule has 2 N–H and O–H groups in total. The molecule has 0 spiro atoms. The Morgan fingerprint density at radius 3 is 2.57 bits per heavy atom. The molecule has 0 radical (unpaired) electrons. The zero-order valence-electron chi connectivity index (χ0n) is 12.9. The normalized spacial score (nSPS) is 15.5. The summed E-state index contributed by atoms with van der Waals surface area (Å²) in [5, 5.41) is 0. The van der Waals surface area contributed by atoms with Crippen LogP contribution in [0.3, 0.4) is 0 Å². The molecule has 124 valence electrons. The molecule has 1 heterocycles. The van der Waals surface area contributed by atoms with Gasteiger partial charge in [0, 0.05) is 37.6 Å². The smallest absolute Gasteiger partial charge is 0.305 e. The summed E-state index contributed by atoms with van der Waals surface area (Å²) in [7, 11) is 0. The lowest BCUT2D eigenvalue weighted by atomic mass is 10.1. The Labute approximate surface area is 149 Å². The fourth-order valence-electron chi connectivity index (χ4n) is 2.05. The maximum absolute atomic E-state index is 11.1. The van der Waals surface area contributed by atoms with Crippen LogP contribution in [0.1, 0.15) is 39.0 Å². The molecule has 0 bridgehead atoms. The average Bonchev–Trinajstić information content (AvgIpc) is 2.47. The van der Waals surface area contributed by atoms with Crippen molar-refractivity contribution in [2.75, 3.05) is 37.7 Å². The largest absolute Gasteiger partial charge is 0.466 e. The van der Waals surface area contributed by atoms with Crippen LogP contribution in [-0.4, -0.2) is 54.6 Å². The van der Waals surface area contributed by atoms with E-state index in [-0.39, 0.29) is 29.9 Å². The Balaban J connectivity index is 0.00000400. The highest BCUT2D eigenvalue weighted by atomic mass is 127. The molecule has 0 aliphatic carbocycles. The molecular weight excluding hydrogens is 401 g/mol. The number of nitrogens with zero attached hydrogens (tertiary/aromatic N) is 2. The quantitative estimate of drug-likeness (QED) is 0.211. The van der Waals surface area contributed by atoms with Gasteiger partial charge in [0.1, 0.15) is 0 Å². The standard InChI is InChI=1S/C14H27N3O2S.HI/c1-2-19-13(18)7-5-3-4-6-8-16-14(15)17-9-11-20-12-10-17;/h2-12H2,1H3,(H2,15,16);1H. The molecule has 1 fully saturated rings. The first-order valence-electron chi connectivity index (χ1n) is 7.52. The van der Waals surface area contributed by atoms with Crippen LogP contribution in [0.2, 0.25) is 0 Å². The van der Waals surface area contributed by atoms with Gasteiger partial charge in [-0.15, -0.1) is 24.0 Å². The van der Waals surface area contributed by atoms with Crippen LogP contribution in [0.4, 0.5) is 0 Å². The number of unbranched alkanes of at least 4 members (excludes halogenated alkanes) is 3. The minimum atomic E-state index is -0.0854. The molecule has 0 amide bonds. The third kappa shape index (κ3) is 10.2. The Bertz CT molecular complexity index is 311. The zero-order chi connectivity index (χ0) is 14.6. The third-order valence-corrected chi connectivity index (χ3v) is 4.15. The number of nitrogens with two attached hydrogens (primary N) is 1. The van der Waals surface area contributed by atoms with E-state index in [0.29, 0.717) is 19.0 Å². The summed E-state index contributed by atoms with van der Waals surface area (Å²) in [5.41, 5.74) is 5.97. The van der Waals surface area contributed by atoms with Crippen molar-refractivity contribution in [1.29, 1.82) is 0 Å². The van der Waals surface area contributed by atoms with Crippen molar-refractivity contribution in [3.63, 3.8) is 0 Å². The van der Waals surface area contributed by atoms with Gasteiger partial charge in [-0.3, -0.25) is 9.79 Å². The van der Waals surface area contributed by atoms with Gasteiger partial charge in [-0.25, -0.2) is 0 Å². The minimum absolute atomic E-state index is 0. The molecule has 0 unspecified atom stereocenters. The van der Waals surface area contributed by atoms with Crippen LogP contribution in [0.25, 0.3) is 0 Å². The topological polar surface area (TPSA) is 67.9 Å². The van der Waals surface area contributed by atoms with E-state index in [0.717, 1.165) is 56.8 Å². The second-order valence-electron chi connectivity index (χ2n) is 4.81. The lowest BCUT2D eigenvalue weighted by Gasteiger charge is -2.27. The van der Waals surface area contributed by atoms with Crippen LogP contribution in [0.5, 0.6) is 0 Å². The first-order chi connectivity index (χ1) is 9.74. The molecule has 5 nitrogen and oxygen atoms in total. The Hall–Kier alpha value is -0.180. The molecule has 1 aliphatic rings. The number of esters is 1. The van der Waals surface area contributed by atoms with Crippen LogP contribution >= 0.6 is 35.7 Å². The highest BCUT2D eigenvalue weighted by molar-refractivity contribution is 14.0. The summed E-state index contributed by atoms with van der Waals surface area (Å²) < 4.78 is 4.88. The molecular formula is C14H28IN3O2S. The minimum Gasteiger partial charge on any atom is -0.466 e. The lowest BCUT2D eigenvalue weighted by Crippen LogP contribution is -2.42. The van der Waals surface area contributed by atoms with E-state index in [1.54, 1.807) is 0 Å². The van der Waals surface area contributed by atoms with Crippen molar-refractivity contribution in [3.05, 3.63) is 0 Å². The van der Waals surface area contributed by atoms with Crippen LogP contribution < -0.4 is 5.73 Å². The summed E-state index contributed by atoms with van der Waals surface area (Å²) in [5.74, 6) is 2.89. The van der Waals surface area contributed by atoms with Crippen LogP contribution in [0, 0.1) is 0 Å². The Morgan fingerprint density at radius 2 is 1.90 bits per heavy atom. The molecule has 0 atom stereocenters. The van der Waals surface area contributed by atoms with Gasteiger partial charge in [0.2, 0.25) is 0 Å². The summed E-state index contributed by atoms with van der Waals surface area (Å²) in [4.78, 5) is 17.7. The van der Waals surface area contributed by atoms with E-state index < -0.39 is 0 Å². The molecule has 0 aromatic rings. The molecule has 0 aromatic carbocycles. The highest BCUT2D eigenvalue weighted by Gasteiger charge is 2.11. The lowest BCUT2D eigenvalue weighted by molar-refractivity contribution is -0.143. The van der Waals surface area contributed by atoms with E-state index in [9.17, 15) is 4.79 Å². The second kappa shape index (κ2) is 13.5. The predicted molar refractivity (Wildman–Crippen MR) is 101 cm³/mol. The number of hydrogen-bond acceptors (Lipinski definition) is 4. The first-order valence-corrected chi connectivity index (χ1v) is 8.67. The van der Waals surface area contributed by atoms with Gasteiger partial charge in [-0.2, -0.15) is 11.8 Å². The van der Waals surface area contributed by atoms with Crippen molar-refractivity contribution in [1.82, 2.24) is 4.90 Å². The van der Waals surface area contributed by atoms with Crippen molar-refractivity contribution in [3.8, 4) is 0 Å². The average molecular weight is 429 g/mol. The maximum atomic E-state index is 11.1. The van der Waals surface area contributed by atoms with Crippen molar-refractivity contribution >= 4 is 47.7 Å². The second-order valence-corrected chi connectivity index (χ2v) is 6.03. The van der Waals surface area contributed by atoms with Gasteiger partial charge in [0.25, 0.3) is 0 Å². The monoisotopic (exact) mass is 429 g/mol. The number of aliphatic imine (C=N–C) groups is 1. The number of carbonyl (C=O) groups is 1. The number of carbonyl (C=O) groups excluding carboxylic acids is 1. The van der Waals surface area contributed by atoms with Crippen molar-refractivity contribution < 1.29 is 9.53 Å². The van der Waals surface area contributed by atoms with Gasteiger partial charge >= 0.3 is 5.97 Å². The molecule has 21 heavy (non-hydrogen) atoms. The van der Waals surface area contributed by atoms with Gasteiger partial charge in [0.05, 0.1) is 6.61 Å². The Kier molecular flexibility index (Phi) is 13.4. The summed E-state index contributed by atoms with van der Waals surface area (Å²) in [6, 6.07) is 0. The van der Waals surface area contributed by atoms with Gasteiger partial charge in [0.15, 0.2) is 5.96 Å². The third-order valence-electron chi connectivity index (χ3n) is 3.20. The molecule has 1 aliphatic heterocycles. The van der Waals surface area contributed by atoms with E-state index in [1.807, 2.05) is 18.7 Å². The molecule has 1 saturated heterocycles. The van der Waals surface area contributed by atoms with Gasteiger partial charge in [-0.1, -0.05) is 12.8 Å². The number of ether oxygens (including phenoxy) is 1. The summed E-state index contributed by atoms with van der Waals surface area (Å²) in [6.45, 7) is 5.12. The van der Waals surface area contributed by atoms with Gasteiger partial charge < -0.3 is 15.4 Å². The number of rotatable bonds is 8. The molecule has 1 rings (SSSR count). The van der Waals surface area contributed by atoms with E-state index >= 15 is 0 Å². The summed E-state index contributed by atoms with van der Waals surface area (Å²) >= 11 is 1.97. The van der Waals surface area contributed by atoms with E-state index in [2.05, 4.69) is 9.89 Å². The van der Waals surface area contributed by atoms with Crippen LogP contribution in [0.15, 0.2) is 4.99 Å². The molecule has 0 aromatic heterocycles. The number of halogens is 1. The van der Waals surface area contributed by atoms with Crippen LogP contribution in [-0.2, 0) is 9.53 Å². The SMILES string of the molecule is CCOC(=O)CCCCCCN=C(N)N1CCSCC1.I. The number of thioether (sulfide) groups is 1. The predicted octanol–water partition coefficient (Wildman–Crippen LogP) is 2.48. The fourth-order valence-corrected chi connectivity index (χ4v) is 2.96. The van der Waals surface area contributed by atoms with E-state index in [1.165, 1.54) is 0 Å². The number of hydrogen-bond donors (Lipinski definition) is 1. The Morgan fingerprint density at radius 1 is 1.24 bits per heavy atom. The first kappa shape index (κ1) is 20.8. The molecule has 7 heteroatoms. The van der Waals surface area contributed by atoms with Gasteiger partial charge in [-0.05, 0) is 19.8 Å². The highest BCUT2D eigenvalue weighted by Crippen LogP contribution is 2.09. The van der Waals surface area contributed by atoms with Crippen molar-refractivity contribution in [2.45, 2.75) is 39.0 Å². The zero-order valence-corrected chi connectivity index (χ0v) is 16.0. The maximum Gasteiger partial charge on any atom is 0.305 e. The molecule has 0 saturated carbocycles. The summed E-state index contributed by atoms with van der Waals surface area (Å²) in [6.07, 6.45) is 4.61. The fraction of sp³-hybridized carbons (Fsp3) is 0.857. The van der Waals surface area contributed by atoms with E-state index in [4.69, 9.17) is 10.5 Å². The van der Waals surface area contributed by atoms with Crippen molar-refractivity contribution in [2.24, 2.45) is 10.7 Å². The number of guanidine groups is 1.